The number of anilines is 1. The first-order chi connectivity index (χ1) is 8.75. The van der Waals surface area contributed by atoms with Crippen LogP contribution >= 0.6 is 0 Å². The van der Waals surface area contributed by atoms with Crippen LogP contribution in [0.15, 0.2) is 60.7 Å². The van der Waals surface area contributed by atoms with E-state index in [-0.39, 0.29) is 11.8 Å². The lowest BCUT2D eigenvalue weighted by atomic mass is 10.0. The van der Waals surface area contributed by atoms with Crippen LogP contribution in [-0.2, 0) is 11.2 Å². The first-order valence-corrected chi connectivity index (χ1v) is 6.15. The second-order valence-corrected chi connectivity index (χ2v) is 4.45. The summed E-state index contributed by atoms with van der Waals surface area (Å²) in [5, 5.41) is 2.92. The summed E-state index contributed by atoms with van der Waals surface area (Å²) in [7, 11) is 0. The Bertz CT molecular complexity index is 493. The van der Waals surface area contributed by atoms with E-state index in [0.717, 1.165) is 12.1 Å². The fraction of sp³-hybridized carbons (Fsp3) is 0.188. The molecule has 0 aromatic heterocycles. The highest BCUT2D eigenvalue weighted by molar-refractivity contribution is 5.92. The predicted molar refractivity (Wildman–Crippen MR) is 74.4 cm³/mol. The summed E-state index contributed by atoms with van der Waals surface area (Å²) in [5.41, 5.74) is 2.04. The molecule has 0 unspecified atom stereocenters. The number of hydrogen-bond donors (Lipinski definition) is 1. The van der Waals surface area contributed by atoms with Gasteiger partial charge in [0.15, 0.2) is 0 Å². The molecule has 0 aliphatic rings. The largest absolute Gasteiger partial charge is 0.326 e. The summed E-state index contributed by atoms with van der Waals surface area (Å²) in [4.78, 5) is 12.0. The molecule has 1 amide bonds. The fourth-order valence-electron chi connectivity index (χ4n) is 1.85. The van der Waals surface area contributed by atoms with Crippen LogP contribution < -0.4 is 5.32 Å². The van der Waals surface area contributed by atoms with Gasteiger partial charge in [0.05, 0.1) is 0 Å². The molecule has 0 saturated carbocycles. The van der Waals surface area contributed by atoms with E-state index < -0.39 is 0 Å². The minimum absolute atomic E-state index is 0.0346. The maximum absolute atomic E-state index is 12.0. The molecule has 92 valence electrons. The number of carbonyl (C=O) groups is 1. The molecule has 0 saturated heterocycles. The number of carbonyl (C=O) groups excluding carboxylic acids is 1. The van der Waals surface area contributed by atoms with E-state index in [1.165, 1.54) is 5.56 Å². The molecule has 0 bridgehead atoms. The molecule has 18 heavy (non-hydrogen) atoms. The zero-order valence-electron chi connectivity index (χ0n) is 10.5. The Labute approximate surface area is 108 Å². The van der Waals surface area contributed by atoms with Crippen LogP contribution in [0.5, 0.6) is 0 Å². The quantitative estimate of drug-likeness (QED) is 0.869. The molecule has 0 aliphatic carbocycles. The Balaban J connectivity index is 1.93. The third kappa shape index (κ3) is 3.45. The van der Waals surface area contributed by atoms with Crippen LogP contribution in [0, 0.1) is 5.92 Å². The first kappa shape index (κ1) is 12.4. The summed E-state index contributed by atoms with van der Waals surface area (Å²) in [5.74, 6) is 0.0256. The van der Waals surface area contributed by atoms with Crippen molar-refractivity contribution in [1.29, 1.82) is 0 Å². The third-order valence-electron chi connectivity index (χ3n) is 2.87. The summed E-state index contributed by atoms with van der Waals surface area (Å²) in [6, 6.07) is 19.6. The molecule has 1 N–H and O–H groups in total. The van der Waals surface area contributed by atoms with E-state index in [4.69, 9.17) is 0 Å². The first-order valence-electron chi connectivity index (χ1n) is 6.15. The van der Waals surface area contributed by atoms with Crippen molar-refractivity contribution in [2.45, 2.75) is 13.3 Å². The maximum Gasteiger partial charge on any atom is 0.227 e. The van der Waals surface area contributed by atoms with Gasteiger partial charge in [-0.25, -0.2) is 0 Å². The lowest BCUT2D eigenvalue weighted by Gasteiger charge is -2.12. The zero-order valence-corrected chi connectivity index (χ0v) is 10.5. The van der Waals surface area contributed by atoms with Crippen molar-refractivity contribution in [3.05, 3.63) is 66.2 Å². The van der Waals surface area contributed by atoms with E-state index in [1.807, 2.05) is 67.6 Å². The average Bonchev–Trinajstić information content (AvgIpc) is 2.41. The lowest BCUT2D eigenvalue weighted by molar-refractivity contribution is -0.119. The van der Waals surface area contributed by atoms with Gasteiger partial charge in [0, 0.05) is 11.6 Å². The number of nitrogens with one attached hydrogen (secondary N) is 1. The molecule has 1 atom stereocenters. The number of benzene rings is 2. The van der Waals surface area contributed by atoms with Gasteiger partial charge < -0.3 is 5.32 Å². The van der Waals surface area contributed by atoms with Crippen LogP contribution in [0.25, 0.3) is 0 Å². The Kier molecular flexibility index (Phi) is 4.13. The highest BCUT2D eigenvalue weighted by Crippen LogP contribution is 2.12. The van der Waals surface area contributed by atoms with Gasteiger partial charge in [-0.2, -0.15) is 0 Å². The molecule has 0 heterocycles. The summed E-state index contributed by atoms with van der Waals surface area (Å²) in [6.07, 6.45) is 0.763. The molecular formula is C16H17NO. The van der Waals surface area contributed by atoms with Gasteiger partial charge in [-0.3, -0.25) is 4.79 Å². The van der Waals surface area contributed by atoms with E-state index >= 15 is 0 Å². The molecule has 2 heteroatoms. The van der Waals surface area contributed by atoms with Gasteiger partial charge in [0.1, 0.15) is 0 Å². The van der Waals surface area contributed by atoms with Gasteiger partial charge in [-0.05, 0) is 24.1 Å². The standard InChI is InChI=1S/C16H17NO/c1-13(12-14-8-4-2-5-9-14)16(18)17-15-10-6-3-7-11-15/h2-11,13H,12H2,1H3,(H,17,18)/t13-/m1/s1. The van der Waals surface area contributed by atoms with Gasteiger partial charge in [0.25, 0.3) is 0 Å². The van der Waals surface area contributed by atoms with Crippen molar-refractivity contribution < 1.29 is 4.79 Å². The Morgan fingerprint density at radius 1 is 1.00 bits per heavy atom. The smallest absolute Gasteiger partial charge is 0.227 e. The maximum atomic E-state index is 12.0. The number of rotatable bonds is 4. The molecule has 0 aliphatic heterocycles. The lowest BCUT2D eigenvalue weighted by Crippen LogP contribution is -2.22. The fourth-order valence-corrected chi connectivity index (χ4v) is 1.85. The summed E-state index contributed by atoms with van der Waals surface area (Å²) >= 11 is 0. The predicted octanol–water partition coefficient (Wildman–Crippen LogP) is 3.50. The van der Waals surface area contributed by atoms with Crippen molar-refractivity contribution in [1.82, 2.24) is 0 Å². The normalized spacial score (nSPS) is 11.8. The van der Waals surface area contributed by atoms with Crippen LogP contribution in [0.3, 0.4) is 0 Å². The van der Waals surface area contributed by atoms with Crippen LogP contribution in [-0.4, -0.2) is 5.91 Å². The minimum atomic E-state index is -0.0346. The van der Waals surface area contributed by atoms with Crippen molar-refractivity contribution >= 4 is 11.6 Å². The van der Waals surface area contributed by atoms with E-state index in [0.29, 0.717) is 0 Å². The van der Waals surface area contributed by atoms with Crippen LogP contribution in [0.1, 0.15) is 12.5 Å². The Hall–Kier alpha value is -2.09. The highest BCUT2D eigenvalue weighted by Gasteiger charge is 2.13. The van der Waals surface area contributed by atoms with Crippen molar-refractivity contribution in [3.63, 3.8) is 0 Å². The Morgan fingerprint density at radius 3 is 2.17 bits per heavy atom. The van der Waals surface area contributed by atoms with Gasteiger partial charge in [0.2, 0.25) is 5.91 Å². The van der Waals surface area contributed by atoms with Crippen molar-refractivity contribution in [3.8, 4) is 0 Å². The summed E-state index contributed by atoms with van der Waals surface area (Å²) < 4.78 is 0. The second-order valence-electron chi connectivity index (χ2n) is 4.45. The van der Waals surface area contributed by atoms with Crippen LogP contribution in [0.2, 0.25) is 0 Å². The van der Waals surface area contributed by atoms with Crippen LogP contribution in [0.4, 0.5) is 5.69 Å². The van der Waals surface area contributed by atoms with Gasteiger partial charge >= 0.3 is 0 Å². The minimum Gasteiger partial charge on any atom is -0.326 e. The molecule has 0 spiro atoms. The number of amides is 1. The van der Waals surface area contributed by atoms with E-state index in [9.17, 15) is 4.79 Å². The van der Waals surface area contributed by atoms with Gasteiger partial charge in [-0.15, -0.1) is 0 Å². The average molecular weight is 239 g/mol. The summed E-state index contributed by atoms with van der Waals surface area (Å²) in [6.45, 7) is 1.95. The zero-order chi connectivity index (χ0) is 12.8. The monoisotopic (exact) mass is 239 g/mol. The van der Waals surface area contributed by atoms with Gasteiger partial charge in [-0.1, -0.05) is 55.5 Å². The SMILES string of the molecule is C[C@H](Cc1ccccc1)C(=O)Nc1ccccc1. The topological polar surface area (TPSA) is 29.1 Å². The molecular weight excluding hydrogens is 222 g/mol. The molecule has 2 aromatic carbocycles. The van der Waals surface area contributed by atoms with Crippen molar-refractivity contribution in [2.24, 2.45) is 5.92 Å². The molecule has 2 aromatic rings. The van der Waals surface area contributed by atoms with Crippen molar-refractivity contribution in [2.75, 3.05) is 5.32 Å². The second kappa shape index (κ2) is 6.01. The molecule has 2 rings (SSSR count). The van der Waals surface area contributed by atoms with E-state index in [1.54, 1.807) is 0 Å². The highest BCUT2D eigenvalue weighted by atomic mass is 16.1. The molecule has 0 fully saturated rings. The number of hydrogen-bond acceptors (Lipinski definition) is 1. The molecule has 0 radical (unpaired) electrons. The Morgan fingerprint density at radius 2 is 1.56 bits per heavy atom. The molecule has 2 nitrogen and oxygen atoms in total. The number of para-hydroxylation sites is 1. The third-order valence-corrected chi connectivity index (χ3v) is 2.87. The van der Waals surface area contributed by atoms with E-state index in [2.05, 4.69) is 5.32 Å².